The summed E-state index contributed by atoms with van der Waals surface area (Å²) in [5.74, 6) is -0.549. The molecule has 2 N–H and O–H groups in total. The van der Waals surface area contributed by atoms with E-state index >= 15 is 0 Å². The van der Waals surface area contributed by atoms with Crippen LogP contribution in [0.4, 0.5) is 0 Å². The Balaban J connectivity index is 1.65. The van der Waals surface area contributed by atoms with Gasteiger partial charge in [-0.25, -0.2) is 13.1 Å². The summed E-state index contributed by atoms with van der Waals surface area (Å²) in [7, 11) is -3.87. The van der Waals surface area contributed by atoms with Crippen LogP contribution in [0.1, 0.15) is 37.3 Å². The van der Waals surface area contributed by atoms with Crippen molar-refractivity contribution in [2.75, 3.05) is 0 Å². The Morgan fingerprint density at radius 1 is 1.04 bits per heavy atom. The van der Waals surface area contributed by atoms with Gasteiger partial charge in [0.1, 0.15) is 0 Å². The first-order chi connectivity index (χ1) is 13.0. The fourth-order valence-electron chi connectivity index (χ4n) is 3.11. The lowest BCUT2D eigenvalue weighted by atomic mass is 10.1. The molecule has 0 saturated carbocycles. The van der Waals surface area contributed by atoms with Crippen molar-refractivity contribution in [2.24, 2.45) is 0 Å². The van der Waals surface area contributed by atoms with Gasteiger partial charge < -0.3 is 4.98 Å². The van der Waals surface area contributed by atoms with Gasteiger partial charge in [-0.05, 0) is 42.2 Å². The van der Waals surface area contributed by atoms with Crippen LogP contribution in [-0.2, 0) is 27.7 Å². The van der Waals surface area contributed by atoms with Crippen molar-refractivity contribution in [3.8, 4) is 0 Å². The highest BCUT2D eigenvalue weighted by atomic mass is 32.2. The van der Waals surface area contributed by atoms with Crippen molar-refractivity contribution in [1.29, 1.82) is 0 Å². The van der Waals surface area contributed by atoms with Gasteiger partial charge in [-0.15, -0.1) is 0 Å². The number of rotatable bonds is 8. The summed E-state index contributed by atoms with van der Waals surface area (Å²) in [6, 6.07) is 14.3. The molecule has 1 heterocycles. The fraction of sp³-hybridized carbons (Fsp3) is 0.286. The number of aromatic nitrogens is 1. The van der Waals surface area contributed by atoms with E-state index in [1.165, 1.54) is 0 Å². The lowest BCUT2D eigenvalue weighted by Crippen LogP contribution is -2.31. The number of H-pyrrole nitrogens is 1. The lowest BCUT2D eigenvalue weighted by molar-refractivity contribution is -0.118. The molecule has 3 rings (SSSR count). The van der Waals surface area contributed by atoms with Gasteiger partial charge in [0.05, 0.1) is 11.3 Å². The Kier molecular flexibility index (Phi) is 5.96. The van der Waals surface area contributed by atoms with E-state index in [0.29, 0.717) is 0 Å². The first-order valence-electron chi connectivity index (χ1n) is 9.19. The van der Waals surface area contributed by atoms with Gasteiger partial charge in [-0.3, -0.25) is 4.79 Å². The van der Waals surface area contributed by atoms with Gasteiger partial charge in [0, 0.05) is 17.1 Å². The number of carbonyl (C=O) groups excluding carboxylic acids is 1. The summed E-state index contributed by atoms with van der Waals surface area (Å²) in [6.45, 7) is 2.15. The van der Waals surface area contributed by atoms with Gasteiger partial charge >= 0.3 is 0 Å². The molecule has 27 heavy (non-hydrogen) atoms. The summed E-state index contributed by atoms with van der Waals surface area (Å²) >= 11 is 0. The zero-order chi connectivity index (χ0) is 19.3. The number of sulfonamides is 1. The number of aromatic amines is 1. The summed E-state index contributed by atoms with van der Waals surface area (Å²) in [6.07, 6.45) is 6.06. The lowest BCUT2D eigenvalue weighted by Gasteiger charge is -2.08. The molecular formula is C21H24N2O3S. The van der Waals surface area contributed by atoms with E-state index in [4.69, 9.17) is 0 Å². The second kappa shape index (κ2) is 8.39. The highest BCUT2D eigenvalue weighted by Gasteiger charge is 2.18. The fourth-order valence-corrected chi connectivity index (χ4v) is 4.09. The molecule has 6 heteroatoms. The molecule has 1 aromatic heterocycles. The minimum Gasteiger partial charge on any atom is -0.361 e. The van der Waals surface area contributed by atoms with Crippen molar-refractivity contribution in [2.45, 2.75) is 43.9 Å². The molecule has 142 valence electrons. The minimum absolute atomic E-state index is 0.00164. The molecule has 0 radical (unpaired) electrons. The highest BCUT2D eigenvalue weighted by molar-refractivity contribution is 7.90. The molecule has 2 aromatic carbocycles. The summed E-state index contributed by atoms with van der Waals surface area (Å²) in [5, 5.41) is 0.918. The average Bonchev–Trinajstić information content (AvgIpc) is 3.05. The van der Waals surface area contributed by atoms with Crippen molar-refractivity contribution in [1.82, 2.24) is 9.71 Å². The Bertz CT molecular complexity index is 1020. The molecule has 1 amide bonds. The number of nitrogens with one attached hydrogen (secondary N) is 2. The number of amides is 1. The minimum atomic E-state index is -3.87. The Hall–Kier alpha value is -2.60. The number of benzene rings is 2. The van der Waals surface area contributed by atoms with Crippen LogP contribution in [0.3, 0.4) is 0 Å². The molecule has 5 nitrogen and oxygen atoms in total. The molecule has 0 spiro atoms. The molecular weight excluding hydrogens is 360 g/mol. The number of carbonyl (C=O) groups is 1. The van der Waals surface area contributed by atoms with Crippen molar-refractivity contribution < 1.29 is 13.2 Å². The van der Waals surface area contributed by atoms with Crippen LogP contribution in [0.15, 0.2) is 59.6 Å². The van der Waals surface area contributed by atoms with Gasteiger partial charge in [0.2, 0.25) is 5.91 Å². The molecule has 0 aliphatic heterocycles. The van der Waals surface area contributed by atoms with Crippen LogP contribution in [0.2, 0.25) is 0 Å². The highest BCUT2D eigenvalue weighted by Crippen LogP contribution is 2.18. The Labute approximate surface area is 159 Å². The second-order valence-corrected chi connectivity index (χ2v) is 8.35. The molecule has 0 saturated heterocycles. The monoisotopic (exact) mass is 384 g/mol. The van der Waals surface area contributed by atoms with Crippen LogP contribution < -0.4 is 4.72 Å². The quantitative estimate of drug-likeness (QED) is 0.577. The molecule has 3 aromatic rings. The number of hydrogen-bond acceptors (Lipinski definition) is 3. The normalized spacial score (nSPS) is 11.6. The third-order valence-corrected chi connectivity index (χ3v) is 5.97. The van der Waals surface area contributed by atoms with Gasteiger partial charge in [0.25, 0.3) is 10.0 Å². The number of unbranched alkanes of at least 4 members (excludes halogenated alkanes) is 2. The molecule has 0 unspecified atom stereocenters. The zero-order valence-electron chi connectivity index (χ0n) is 15.4. The maximum atomic E-state index is 12.5. The first kappa shape index (κ1) is 19.2. The van der Waals surface area contributed by atoms with Crippen LogP contribution in [0, 0.1) is 0 Å². The van der Waals surface area contributed by atoms with Gasteiger partial charge in [-0.1, -0.05) is 50.1 Å². The van der Waals surface area contributed by atoms with E-state index in [2.05, 4.69) is 16.6 Å². The average molecular weight is 385 g/mol. The topological polar surface area (TPSA) is 79.0 Å². The maximum Gasteiger partial charge on any atom is 0.264 e. The van der Waals surface area contributed by atoms with E-state index in [1.807, 2.05) is 36.4 Å². The van der Waals surface area contributed by atoms with Crippen LogP contribution >= 0.6 is 0 Å². The van der Waals surface area contributed by atoms with Crippen molar-refractivity contribution >= 4 is 26.8 Å². The van der Waals surface area contributed by atoms with E-state index < -0.39 is 15.9 Å². The van der Waals surface area contributed by atoms with Crippen LogP contribution in [0.25, 0.3) is 10.9 Å². The van der Waals surface area contributed by atoms with Crippen LogP contribution in [-0.4, -0.2) is 19.3 Å². The number of para-hydroxylation sites is 1. The van der Waals surface area contributed by atoms with Crippen molar-refractivity contribution in [3.05, 3.63) is 65.9 Å². The largest absolute Gasteiger partial charge is 0.361 e. The molecule has 0 aliphatic carbocycles. The Morgan fingerprint density at radius 3 is 2.52 bits per heavy atom. The SMILES string of the molecule is CCCCCc1ccc(S(=O)(=O)NC(=O)Cc2c[nH]c3ccccc23)cc1. The van der Waals surface area contributed by atoms with Gasteiger partial charge in [0.15, 0.2) is 0 Å². The molecule has 0 atom stereocenters. The predicted molar refractivity (Wildman–Crippen MR) is 107 cm³/mol. The second-order valence-electron chi connectivity index (χ2n) is 6.67. The Morgan fingerprint density at radius 2 is 1.78 bits per heavy atom. The van der Waals surface area contributed by atoms with E-state index in [-0.39, 0.29) is 11.3 Å². The van der Waals surface area contributed by atoms with E-state index in [0.717, 1.165) is 47.7 Å². The summed E-state index contributed by atoms with van der Waals surface area (Å²) in [5.41, 5.74) is 2.79. The van der Waals surface area contributed by atoms with Gasteiger partial charge in [-0.2, -0.15) is 0 Å². The molecule has 0 aliphatic rings. The molecule has 0 fully saturated rings. The standard InChI is InChI=1S/C21H24N2O3S/c1-2-3-4-7-16-10-12-18(13-11-16)27(25,26)23-21(24)14-17-15-22-20-9-6-5-8-19(17)20/h5-6,8-13,15,22H,2-4,7,14H2,1H3,(H,23,24). The summed E-state index contributed by atoms with van der Waals surface area (Å²) < 4.78 is 27.1. The van der Waals surface area contributed by atoms with Crippen LogP contribution in [0.5, 0.6) is 0 Å². The third kappa shape index (κ3) is 4.77. The molecule has 0 bridgehead atoms. The third-order valence-electron chi connectivity index (χ3n) is 4.58. The smallest absolute Gasteiger partial charge is 0.264 e. The van der Waals surface area contributed by atoms with Crippen molar-refractivity contribution in [3.63, 3.8) is 0 Å². The predicted octanol–water partition coefficient (Wildman–Crippen LogP) is 3.95. The van der Waals surface area contributed by atoms with E-state index in [9.17, 15) is 13.2 Å². The number of fused-ring (bicyclic) bond motifs is 1. The first-order valence-corrected chi connectivity index (χ1v) is 10.7. The number of aryl methyl sites for hydroxylation is 1. The zero-order valence-corrected chi connectivity index (χ0v) is 16.2. The maximum absolute atomic E-state index is 12.5. The van der Waals surface area contributed by atoms with E-state index in [1.54, 1.807) is 18.3 Å². The number of hydrogen-bond donors (Lipinski definition) is 2. The summed E-state index contributed by atoms with van der Waals surface area (Å²) in [4.78, 5) is 15.5.